The molecule has 2 N–H and O–H groups in total. The summed E-state index contributed by atoms with van der Waals surface area (Å²) in [4.78, 5) is 13.7. The van der Waals surface area contributed by atoms with Gasteiger partial charge in [0.1, 0.15) is 11.1 Å². The maximum absolute atomic E-state index is 12.7. The molecule has 26 heavy (non-hydrogen) atoms. The Balaban J connectivity index is 1.37. The normalized spacial score (nSPS) is 31.5. The smallest absolute Gasteiger partial charge is 0.226 e. The van der Waals surface area contributed by atoms with Crippen LogP contribution in [-0.4, -0.2) is 11.0 Å². The van der Waals surface area contributed by atoms with Crippen LogP contribution < -0.4 is 10.6 Å². The largest absolute Gasteiger partial charge is 0.323 e. The minimum Gasteiger partial charge on any atom is -0.323 e. The summed E-state index contributed by atoms with van der Waals surface area (Å²) in [5.41, 5.74) is 1.80. The molecule has 6 heteroatoms. The number of rotatable bonds is 3. The Bertz CT molecular complexity index is 769. The zero-order valence-corrected chi connectivity index (χ0v) is 17.0. The number of carbonyl (C=O) groups excluding carboxylic acids is 1. The van der Waals surface area contributed by atoms with Gasteiger partial charge in [0.15, 0.2) is 5.11 Å². The first kappa shape index (κ1) is 17.9. The second-order valence-corrected chi connectivity index (χ2v) is 10.3. The molecule has 4 fully saturated rings. The highest BCUT2D eigenvalue weighted by atomic mass is 32.1. The van der Waals surface area contributed by atoms with E-state index in [9.17, 15) is 10.1 Å². The molecule has 1 aromatic rings. The van der Waals surface area contributed by atoms with E-state index < -0.39 is 0 Å². The van der Waals surface area contributed by atoms with Crippen LogP contribution in [-0.2, 0) is 4.79 Å². The fourth-order valence-corrected chi connectivity index (χ4v) is 7.30. The number of carbonyl (C=O) groups is 1. The monoisotopic (exact) mass is 387 g/mol. The standard InChI is InChI=1S/C20H25N3OS2/c1-11-12(2)26-18(16(11)10-21)23-19(25)22-17(24)9-20-6-13-3-14(7-20)5-15(4-13)8-20/h13-15H,3-9H2,1-2H3,(H2,22,23,24,25). The molecule has 1 amide bonds. The fraction of sp³-hybridized carbons (Fsp3) is 0.650. The highest BCUT2D eigenvalue weighted by molar-refractivity contribution is 7.80. The van der Waals surface area contributed by atoms with Crippen molar-refractivity contribution in [2.24, 2.45) is 23.2 Å². The lowest BCUT2D eigenvalue weighted by atomic mass is 9.49. The highest BCUT2D eigenvalue weighted by Crippen LogP contribution is 2.61. The van der Waals surface area contributed by atoms with Crippen molar-refractivity contribution in [1.29, 1.82) is 5.26 Å². The maximum atomic E-state index is 12.7. The summed E-state index contributed by atoms with van der Waals surface area (Å²) in [6.45, 7) is 3.92. The Morgan fingerprint density at radius 2 is 1.81 bits per heavy atom. The molecule has 5 rings (SSSR count). The molecule has 1 heterocycles. The first-order valence-electron chi connectivity index (χ1n) is 9.48. The van der Waals surface area contributed by atoms with Gasteiger partial charge < -0.3 is 10.6 Å². The van der Waals surface area contributed by atoms with Crippen LogP contribution in [0.4, 0.5) is 5.00 Å². The third kappa shape index (κ3) is 3.27. The summed E-state index contributed by atoms with van der Waals surface area (Å²) in [5, 5.41) is 16.3. The van der Waals surface area contributed by atoms with Crippen LogP contribution in [0.2, 0.25) is 0 Å². The van der Waals surface area contributed by atoms with Gasteiger partial charge in [-0.3, -0.25) is 4.79 Å². The Labute approximate surface area is 164 Å². The number of nitrogens with zero attached hydrogens (tertiary/aromatic N) is 1. The van der Waals surface area contributed by atoms with E-state index >= 15 is 0 Å². The predicted molar refractivity (Wildman–Crippen MR) is 108 cm³/mol. The average Bonchev–Trinajstić information content (AvgIpc) is 2.78. The van der Waals surface area contributed by atoms with E-state index in [1.807, 2.05) is 13.8 Å². The number of nitrogens with one attached hydrogen (secondary N) is 2. The van der Waals surface area contributed by atoms with Crippen molar-refractivity contribution >= 4 is 39.6 Å². The lowest BCUT2D eigenvalue weighted by Crippen LogP contribution is -2.48. The minimum atomic E-state index is 0.0213. The van der Waals surface area contributed by atoms with Crippen molar-refractivity contribution < 1.29 is 4.79 Å². The summed E-state index contributed by atoms with van der Waals surface area (Å²) in [5.74, 6) is 2.55. The number of aryl methyl sites for hydroxylation is 1. The van der Waals surface area contributed by atoms with Gasteiger partial charge in [0.05, 0.1) is 5.56 Å². The average molecular weight is 388 g/mol. The second-order valence-electron chi connectivity index (χ2n) is 8.70. The first-order chi connectivity index (χ1) is 12.4. The summed E-state index contributed by atoms with van der Waals surface area (Å²) < 4.78 is 0. The van der Waals surface area contributed by atoms with E-state index in [-0.39, 0.29) is 11.3 Å². The van der Waals surface area contributed by atoms with E-state index in [1.54, 1.807) is 0 Å². The lowest BCUT2D eigenvalue weighted by molar-refractivity contribution is -0.127. The molecule has 1 aromatic heterocycles. The molecule has 4 aliphatic carbocycles. The van der Waals surface area contributed by atoms with Crippen LogP contribution in [0.3, 0.4) is 0 Å². The Hall–Kier alpha value is -1.45. The maximum Gasteiger partial charge on any atom is 0.226 e. The molecule has 0 spiro atoms. The molecule has 4 bridgehead atoms. The van der Waals surface area contributed by atoms with Gasteiger partial charge in [0.25, 0.3) is 0 Å². The molecule has 0 radical (unpaired) electrons. The van der Waals surface area contributed by atoms with E-state index in [0.29, 0.717) is 17.1 Å². The number of amides is 1. The number of thiocarbonyl (C=S) groups is 1. The van der Waals surface area contributed by atoms with Crippen molar-refractivity contribution in [2.45, 2.75) is 58.8 Å². The van der Waals surface area contributed by atoms with Crippen LogP contribution in [0.5, 0.6) is 0 Å². The number of nitriles is 1. The van der Waals surface area contributed by atoms with Crippen molar-refractivity contribution in [3.63, 3.8) is 0 Å². The minimum absolute atomic E-state index is 0.0213. The summed E-state index contributed by atoms with van der Waals surface area (Å²) >= 11 is 6.84. The Kier molecular flexibility index (Phi) is 4.56. The number of anilines is 1. The van der Waals surface area contributed by atoms with Crippen LogP contribution in [0, 0.1) is 48.3 Å². The number of hydrogen-bond acceptors (Lipinski definition) is 4. The first-order valence-corrected chi connectivity index (χ1v) is 10.7. The zero-order chi connectivity index (χ0) is 18.5. The molecule has 4 saturated carbocycles. The van der Waals surface area contributed by atoms with Gasteiger partial charge in [-0.2, -0.15) is 5.26 Å². The summed E-state index contributed by atoms with van der Waals surface area (Å²) in [6, 6.07) is 2.22. The van der Waals surface area contributed by atoms with Gasteiger partial charge >= 0.3 is 0 Å². The van der Waals surface area contributed by atoms with Crippen LogP contribution in [0.25, 0.3) is 0 Å². The fourth-order valence-electron chi connectivity index (χ4n) is 6.00. The zero-order valence-electron chi connectivity index (χ0n) is 15.4. The molecule has 0 saturated heterocycles. The molecule has 4 nitrogen and oxygen atoms in total. The number of thiophene rings is 1. The third-order valence-corrected chi connectivity index (χ3v) is 8.00. The van der Waals surface area contributed by atoms with Gasteiger partial charge in [0.2, 0.25) is 5.91 Å². The van der Waals surface area contributed by atoms with Crippen LogP contribution in [0.1, 0.15) is 60.9 Å². The molecular formula is C20H25N3OS2. The molecule has 138 valence electrons. The van der Waals surface area contributed by atoms with Crippen molar-refractivity contribution in [3.8, 4) is 6.07 Å². The van der Waals surface area contributed by atoms with E-state index in [2.05, 4.69) is 16.7 Å². The van der Waals surface area contributed by atoms with E-state index in [4.69, 9.17) is 12.2 Å². The van der Waals surface area contributed by atoms with Crippen molar-refractivity contribution in [1.82, 2.24) is 5.32 Å². The summed E-state index contributed by atoms with van der Waals surface area (Å²) in [6.07, 6.45) is 8.39. The van der Waals surface area contributed by atoms with Gasteiger partial charge in [-0.1, -0.05) is 0 Å². The van der Waals surface area contributed by atoms with Crippen molar-refractivity contribution in [2.75, 3.05) is 5.32 Å². The molecule has 0 unspecified atom stereocenters. The number of hydrogen-bond donors (Lipinski definition) is 2. The quantitative estimate of drug-likeness (QED) is 0.741. The van der Waals surface area contributed by atoms with E-state index in [0.717, 1.165) is 33.2 Å². The third-order valence-electron chi connectivity index (χ3n) is 6.68. The van der Waals surface area contributed by atoms with Gasteiger partial charge in [-0.25, -0.2) is 0 Å². The molecule has 0 atom stereocenters. The van der Waals surface area contributed by atoms with Crippen LogP contribution in [0.15, 0.2) is 0 Å². The van der Waals surface area contributed by atoms with Crippen molar-refractivity contribution in [3.05, 3.63) is 16.0 Å². The molecular weight excluding hydrogens is 362 g/mol. The van der Waals surface area contributed by atoms with Crippen LogP contribution >= 0.6 is 23.6 Å². The van der Waals surface area contributed by atoms with Gasteiger partial charge in [-0.15, -0.1) is 11.3 Å². The van der Waals surface area contributed by atoms with E-state index in [1.165, 1.54) is 49.9 Å². The predicted octanol–water partition coefficient (Wildman–Crippen LogP) is 4.66. The summed E-state index contributed by atoms with van der Waals surface area (Å²) in [7, 11) is 0. The SMILES string of the molecule is Cc1sc(NC(=S)NC(=O)CC23CC4CC(CC(C4)C2)C3)c(C#N)c1C. The van der Waals surface area contributed by atoms with Gasteiger partial charge in [0, 0.05) is 11.3 Å². The highest BCUT2D eigenvalue weighted by Gasteiger charge is 2.51. The molecule has 4 aliphatic rings. The molecule has 0 aromatic carbocycles. The lowest BCUT2D eigenvalue weighted by Gasteiger charge is -2.56. The topological polar surface area (TPSA) is 64.9 Å². The Morgan fingerprint density at radius 1 is 1.23 bits per heavy atom. The Morgan fingerprint density at radius 3 is 2.35 bits per heavy atom. The second kappa shape index (κ2) is 6.61. The van der Waals surface area contributed by atoms with Gasteiger partial charge in [-0.05, 0) is 93.3 Å². The molecule has 0 aliphatic heterocycles.